The molecule has 1 rings (SSSR count). The van der Waals surface area contributed by atoms with Gasteiger partial charge in [0.15, 0.2) is 0 Å². The number of alkyl halides is 3. The van der Waals surface area contributed by atoms with Crippen LogP contribution in [0.3, 0.4) is 0 Å². The summed E-state index contributed by atoms with van der Waals surface area (Å²) in [5.41, 5.74) is 0. The Morgan fingerprint density at radius 3 is 2.50 bits per heavy atom. The Morgan fingerprint density at radius 1 is 1.23 bits per heavy atom. The molecule has 0 fully saturated rings. The molecule has 0 aromatic heterocycles. The molecule has 8 heteroatoms. The molecule has 0 bridgehead atoms. The Kier molecular flexibility index (Phi) is 9.01. The Labute approximate surface area is 147 Å². The molecule has 122 valence electrons. The third kappa shape index (κ3) is 8.13. The molecular weight excluding hydrogens is 367 g/mol. The standard InChI is InChI=1S/C14H17Cl3O4Si/c1-2-3-4-9-19-11-5-7-12(8-6-11)22-21-13(18)20-14(16,17)10-15/h5-8H,2-4,9-10H2,1H3. The molecule has 0 aliphatic rings. The quantitative estimate of drug-likeness (QED) is 0.279. The molecule has 0 aliphatic carbocycles. The van der Waals surface area contributed by atoms with Crippen molar-refractivity contribution in [3.8, 4) is 5.75 Å². The third-order valence-electron chi connectivity index (χ3n) is 2.51. The molecule has 0 heterocycles. The zero-order chi connectivity index (χ0) is 16.4. The maximum absolute atomic E-state index is 11.4. The maximum Gasteiger partial charge on any atom is 0.497 e. The first-order valence-electron chi connectivity index (χ1n) is 6.79. The summed E-state index contributed by atoms with van der Waals surface area (Å²) in [6, 6.07) is 7.29. The number of ether oxygens (including phenoxy) is 2. The average Bonchev–Trinajstić information content (AvgIpc) is 2.50. The van der Waals surface area contributed by atoms with Crippen molar-refractivity contribution in [2.24, 2.45) is 0 Å². The second kappa shape index (κ2) is 10.2. The second-order valence-electron chi connectivity index (χ2n) is 4.41. The Bertz CT molecular complexity index is 454. The van der Waals surface area contributed by atoms with Gasteiger partial charge in [-0.2, -0.15) is 0 Å². The summed E-state index contributed by atoms with van der Waals surface area (Å²) in [7, 11) is -0.220. The van der Waals surface area contributed by atoms with Gasteiger partial charge in [0.1, 0.15) is 5.75 Å². The minimum absolute atomic E-state index is 0.220. The van der Waals surface area contributed by atoms with Gasteiger partial charge in [-0.15, -0.1) is 11.6 Å². The van der Waals surface area contributed by atoms with Crippen LogP contribution in [0, 0.1) is 0 Å². The summed E-state index contributed by atoms with van der Waals surface area (Å²) in [6.07, 6.45) is 2.38. The van der Waals surface area contributed by atoms with Crippen LogP contribution in [-0.2, 0) is 9.16 Å². The van der Waals surface area contributed by atoms with Gasteiger partial charge in [-0.1, -0.05) is 55.1 Å². The smallest absolute Gasteiger partial charge is 0.494 e. The van der Waals surface area contributed by atoms with E-state index >= 15 is 0 Å². The van der Waals surface area contributed by atoms with Gasteiger partial charge in [0.25, 0.3) is 4.52 Å². The lowest BCUT2D eigenvalue weighted by Crippen LogP contribution is -2.28. The number of hydrogen-bond acceptors (Lipinski definition) is 4. The predicted molar refractivity (Wildman–Crippen MR) is 89.6 cm³/mol. The Hall–Kier alpha value is -0.623. The molecule has 2 radical (unpaired) electrons. The van der Waals surface area contributed by atoms with E-state index in [1.54, 1.807) is 0 Å². The van der Waals surface area contributed by atoms with Crippen molar-refractivity contribution in [3.05, 3.63) is 24.3 Å². The molecule has 1 aromatic carbocycles. The summed E-state index contributed by atoms with van der Waals surface area (Å²) < 4.78 is 13.4. The third-order valence-corrected chi connectivity index (χ3v) is 4.42. The van der Waals surface area contributed by atoms with Crippen LogP contribution in [0.25, 0.3) is 0 Å². The molecule has 0 aliphatic heterocycles. The predicted octanol–water partition coefficient (Wildman–Crippen LogP) is 4.02. The Balaban J connectivity index is 2.33. The van der Waals surface area contributed by atoms with Gasteiger partial charge in [-0.25, -0.2) is 4.79 Å². The van der Waals surface area contributed by atoms with E-state index < -0.39 is 10.7 Å². The largest absolute Gasteiger partial charge is 0.497 e. The van der Waals surface area contributed by atoms with E-state index in [2.05, 4.69) is 11.7 Å². The molecule has 4 nitrogen and oxygen atoms in total. The number of carbonyl (C=O) groups is 1. The average molecular weight is 384 g/mol. The monoisotopic (exact) mass is 382 g/mol. The van der Waals surface area contributed by atoms with Crippen molar-refractivity contribution in [2.45, 2.75) is 30.7 Å². The highest BCUT2D eigenvalue weighted by Crippen LogP contribution is 2.24. The number of hydrogen-bond donors (Lipinski definition) is 0. The van der Waals surface area contributed by atoms with Crippen LogP contribution in [0.15, 0.2) is 24.3 Å². The van der Waals surface area contributed by atoms with Crippen LogP contribution in [0.5, 0.6) is 5.75 Å². The van der Waals surface area contributed by atoms with E-state index in [9.17, 15) is 4.79 Å². The van der Waals surface area contributed by atoms with Gasteiger partial charge in [0.2, 0.25) is 0 Å². The highest BCUT2D eigenvalue weighted by atomic mass is 35.5. The van der Waals surface area contributed by atoms with Crippen LogP contribution in [0.2, 0.25) is 0 Å². The minimum atomic E-state index is -1.78. The summed E-state index contributed by atoms with van der Waals surface area (Å²) >= 11 is 16.6. The first-order valence-corrected chi connectivity index (χ1v) is 8.99. The normalized spacial score (nSPS) is 11.1. The lowest BCUT2D eigenvalue weighted by molar-refractivity contribution is 0.0819. The van der Waals surface area contributed by atoms with Crippen molar-refractivity contribution in [3.63, 3.8) is 0 Å². The van der Waals surface area contributed by atoms with Gasteiger partial charge in [-0.05, 0) is 23.7 Å². The molecule has 0 atom stereocenters. The molecule has 22 heavy (non-hydrogen) atoms. The lowest BCUT2D eigenvalue weighted by Gasteiger charge is -2.16. The topological polar surface area (TPSA) is 44.8 Å². The zero-order valence-electron chi connectivity index (χ0n) is 12.1. The number of carbonyl (C=O) groups excluding carboxylic acids is 1. The van der Waals surface area contributed by atoms with Gasteiger partial charge in [-0.3, -0.25) is 0 Å². The highest BCUT2D eigenvalue weighted by molar-refractivity contribution is 6.51. The van der Waals surface area contributed by atoms with E-state index in [4.69, 9.17) is 44.0 Å². The first kappa shape index (κ1) is 19.4. The van der Waals surface area contributed by atoms with Crippen LogP contribution in [0.1, 0.15) is 26.2 Å². The summed E-state index contributed by atoms with van der Waals surface area (Å²) in [5.74, 6) is 0.535. The number of rotatable bonds is 9. The molecule has 0 amide bonds. The van der Waals surface area contributed by atoms with Crippen molar-refractivity contribution in [1.82, 2.24) is 0 Å². The van der Waals surface area contributed by atoms with E-state index in [0.29, 0.717) is 6.61 Å². The fraction of sp³-hybridized carbons (Fsp3) is 0.500. The summed E-state index contributed by atoms with van der Waals surface area (Å²) in [6.45, 7) is 2.84. The number of unbranched alkanes of at least 4 members (excludes halogenated alkanes) is 2. The molecular formula is C14H17Cl3O4Si. The highest BCUT2D eigenvalue weighted by Gasteiger charge is 2.28. The molecule has 0 unspecified atom stereocenters. The van der Waals surface area contributed by atoms with E-state index in [-0.39, 0.29) is 15.6 Å². The van der Waals surface area contributed by atoms with Gasteiger partial charge >= 0.3 is 15.9 Å². The Morgan fingerprint density at radius 2 is 1.91 bits per heavy atom. The van der Waals surface area contributed by atoms with Crippen molar-refractivity contribution >= 4 is 55.9 Å². The van der Waals surface area contributed by atoms with E-state index in [1.807, 2.05) is 24.3 Å². The van der Waals surface area contributed by atoms with E-state index in [0.717, 1.165) is 30.2 Å². The van der Waals surface area contributed by atoms with Gasteiger partial charge in [0.05, 0.1) is 12.5 Å². The van der Waals surface area contributed by atoms with Gasteiger partial charge < -0.3 is 13.9 Å². The molecule has 0 saturated heterocycles. The summed E-state index contributed by atoms with van der Waals surface area (Å²) in [5, 5.41) is 0.818. The zero-order valence-corrected chi connectivity index (χ0v) is 15.4. The number of benzene rings is 1. The molecule has 0 spiro atoms. The lowest BCUT2D eigenvalue weighted by atomic mass is 10.3. The van der Waals surface area contributed by atoms with Crippen LogP contribution in [0.4, 0.5) is 4.79 Å². The van der Waals surface area contributed by atoms with Crippen LogP contribution in [-0.4, -0.2) is 32.9 Å². The minimum Gasteiger partial charge on any atom is -0.494 e. The van der Waals surface area contributed by atoms with Gasteiger partial charge in [0, 0.05) is 0 Å². The van der Waals surface area contributed by atoms with Crippen molar-refractivity contribution < 1.29 is 18.7 Å². The summed E-state index contributed by atoms with van der Waals surface area (Å²) in [4.78, 5) is 11.4. The maximum atomic E-state index is 11.4. The molecule has 0 N–H and O–H groups in total. The molecule has 0 saturated carbocycles. The van der Waals surface area contributed by atoms with Crippen molar-refractivity contribution in [1.29, 1.82) is 0 Å². The van der Waals surface area contributed by atoms with Crippen LogP contribution >= 0.6 is 34.8 Å². The molecule has 1 aromatic rings. The fourth-order valence-corrected chi connectivity index (χ4v) is 2.16. The second-order valence-corrected chi connectivity index (χ2v) is 7.07. The first-order chi connectivity index (χ1) is 10.5. The SMILES string of the molecule is CCCCCOc1ccc([Si]OC(=O)OC(Cl)(Cl)CCl)cc1. The van der Waals surface area contributed by atoms with Crippen LogP contribution < -0.4 is 9.92 Å². The number of halogens is 3. The fourth-order valence-electron chi connectivity index (χ4n) is 1.43. The van der Waals surface area contributed by atoms with E-state index in [1.165, 1.54) is 0 Å². The van der Waals surface area contributed by atoms with Crippen molar-refractivity contribution in [2.75, 3.05) is 12.5 Å².